The Morgan fingerprint density at radius 1 is 1.06 bits per heavy atom. The number of carbonyl (C=O) groups is 1. The first kappa shape index (κ1) is 25.4. The van der Waals surface area contributed by atoms with E-state index in [4.69, 9.17) is 32.9 Å². The van der Waals surface area contributed by atoms with Crippen LogP contribution >= 0.6 is 35.0 Å². The van der Waals surface area contributed by atoms with Crippen molar-refractivity contribution >= 4 is 57.8 Å². The Hall–Kier alpha value is -2.73. The monoisotopic (exact) mass is 524 g/mol. The highest BCUT2D eigenvalue weighted by Crippen LogP contribution is 2.36. The average molecular weight is 526 g/mol. The fourth-order valence-corrected chi connectivity index (χ4v) is 4.98. The van der Waals surface area contributed by atoms with E-state index >= 15 is 0 Å². The van der Waals surface area contributed by atoms with Crippen LogP contribution < -0.4 is 4.74 Å². The Morgan fingerprint density at radius 3 is 2.51 bits per heavy atom. The van der Waals surface area contributed by atoms with Crippen LogP contribution in [0, 0.1) is 12.8 Å². The van der Waals surface area contributed by atoms with Crippen molar-refractivity contribution in [1.82, 2.24) is 4.90 Å². The third kappa shape index (κ3) is 6.49. The second kappa shape index (κ2) is 11.3. The zero-order valence-electron chi connectivity index (χ0n) is 19.8. The minimum Gasteiger partial charge on any atom is -0.488 e. The zero-order chi connectivity index (χ0) is 24.9. The van der Waals surface area contributed by atoms with Crippen molar-refractivity contribution in [1.29, 1.82) is 0 Å². The number of hydrogen-bond acceptors (Lipinski definition) is 4. The molecule has 0 unspecified atom stereocenters. The minimum absolute atomic E-state index is 0.0508. The van der Waals surface area contributed by atoms with Crippen molar-refractivity contribution in [3.05, 3.63) is 98.4 Å². The lowest BCUT2D eigenvalue weighted by Gasteiger charge is -2.17. The summed E-state index contributed by atoms with van der Waals surface area (Å²) in [5.41, 5.74) is 3.64. The number of aryl methyl sites for hydroxylation is 1. The quantitative estimate of drug-likeness (QED) is 0.293. The van der Waals surface area contributed by atoms with Crippen LogP contribution in [0.15, 0.2) is 76.6 Å². The van der Waals surface area contributed by atoms with Gasteiger partial charge in [0, 0.05) is 27.7 Å². The summed E-state index contributed by atoms with van der Waals surface area (Å²) < 4.78 is 6.08. The molecule has 3 aromatic carbocycles. The van der Waals surface area contributed by atoms with Crippen molar-refractivity contribution in [2.75, 3.05) is 6.54 Å². The number of rotatable bonds is 7. The van der Waals surface area contributed by atoms with Gasteiger partial charge in [-0.15, -0.1) is 0 Å². The highest BCUT2D eigenvalue weighted by atomic mass is 35.5. The Bertz CT molecular complexity index is 1290. The van der Waals surface area contributed by atoms with Crippen LogP contribution in [-0.4, -0.2) is 22.5 Å². The van der Waals surface area contributed by atoms with E-state index < -0.39 is 0 Å². The first-order valence-electron chi connectivity index (χ1n) is 11.3. The maximum atomic E-state index is 13.4. The van der Waals surface area contributed by atoms with E-state index in [1.54, 1.807) is 17.0 Å². The van der Waals surface area contributed by atoms with Gasteiger partial charge in [-0.05, 0) is 61.0 Å². The smallest absolute Gasteiger partial charge is 0.266 e. The van der Waals surface area contributed by atoms with E-state index in [1.807, 2.05) is 67.6 Å². The van der Waals surface area contributed by atoms with Gasteiger partial charge in [0.2, 0.25) is 0 Å². The van der Waals surface area contributed by atoms with E-state index in [-0.39, 0.29) is 12.5 Å². The summed E-state index contributed by atoms with van der Waals surface area (Å²) in [4.78, 5) is 20.5. The van der Waals surface area contributed by atoms with Crippen LogP contribution in [0.3, 0.4) is 0 Å². The molecular formula is C28H26Cl2N2O2S. The number of amides is 1. The lowest BCUT2D eigenvalue weighted by atomic mass is 10.1. The number of para-hydroxylation sites is 1. The molecule has 3 aromatic rings. The molecule has 0 spiro atoms. The summed E-state index contributed by atoms with van der Waals surface area (Å²) in [6.45, 7) is 7.11. The molecule has 180 valence electrons. The summed E-state index contributed by atoms with van der Waals surface area (Å²) in [5.74, 6) is 0.922. The number of halogens is 2. The molecular weight excluding hydrogens is 499 g/mol. The average Bonchev–Trinajstić information content (AvgIpc) is 3.09. The van der Waals surface area contributed by atoms with E-state index in [0.29, 0.717) is 38.3 Å². The molecule has 1 aliphatic heterocycles. The summed E-state index contributed by atoms with van der Waals surface area (Å²) in [6, 6.07) is 20.9. The third-order valence-corrected chi connectivity index (χ3v) is 6.89. The number of carbonyl (C=O) groups excluding carboxylic acids is 1. The molecule has 0 atom stereocenters. The van der Waals surface area contributed by atoms with Gasteiger partial charge in [0.25, 0.3) is 5.91 Å². The number of amidine groups is 1. The minimum atomic E-state index is -0.0508. The molecule has 1 fully saturated rings. The van der Waals surface area contributed by atoms with Crippen molar-refractivity contribution in [3.8, 4) is 5.75 Å². The number of benzene rings is 3. The van der Waals surface area contributed by atoms with Crippen molar-refractivity contribution in [2.45, 2.75) is 27.4 Å². The molecule has 4 nitrogen and oxygen atoms in total. The van der Waals surface area contributed by atoms with Crippen LogP contribution in [0.2, 0.25) is 10.0 Å². The SMILES string of the molecule is Cc1ccc(N=C2S/C(=C/c3ccccc3OCc3ccc(Cl)cc3Cl)C(=O)N2CC(C)C)cc1. The Labute approximate surface area is 220 Å². The molecule has 0 radical (unpaired) electrons. The molecule has 0 aliphatic carbocycles. The first-order valence-corrected chi connectivity index (χ1v) is 12.9. The Morgan fingerprint density at radius 2 is 1.80 bits per heavy atom. The highest BCUT2D eigenvalue weighted by Gasteiger charge is 2.34. The zero-order valence-corrected chi connectivity index (χ0v) is 22.1. The fourth-order valence-electron chi connectivity index (χ4n) is 3.51. The summed E-state index contributed by atoms with van der Waals surface area (Å²) in [5, 5.41) is 1.82. The molecule has 0 saturated carbocycles. The number of hydrogen-bond donors (Lipinski definition) is 0. The van der Waals surface area contributed by atoms with E-state index in [1.165, 1.54) is 17.3 Å². The third-order valence-electron chi connectivity index (χ3n) is 5.30. The molecule has 4 rings (SSSR count). The van der Waals surface area contributed by atoms with Crippen LogP contribution in [0.5, 0.6) is 5.75 Å². The van der Waals surface area contributed by atoms with Crippen molar-refractivity contribution < 1.29 is 9.53 Å². The van der Waals surface area contributed by atoms with Crippen LogP contribution in [0.4, 0.5) is 5.69 Å². The molecule has 1 amide bonds. The highest BCUT2D eigenvalue weighted by molar-refractivity contribution is 8.18. The van der Waals surface area contributed by atoms with E-state index in [0.717, 1.165) is 16.8 Å². The maximum Gasteiger partial charge on any atom is 0.266 e. The summed E-state index contributed by atoms with van der Waals surface area (Å²) in [7, 11) is 0. The topological polar surface area (TPSA) is 41.9 Å². The summed E-state index contributed by atoms with van der Waals surface area (Å²) in [6.07, 6.45) is 1.87. The van der Waals surface area contributed by atoms with Gasteiger partial charge in [-0.1, -0.05) is 79.0 Å². The molecule has 0 N–H and O–H groups in total. The van der Waals surface area contributed by atoms with Gasteiger partial charge in [-0.25, -0.2) is 4.99 Å². The predicted octanol–water partition coefficient (Wildman–Crippen LogP) is 8.14. The number of ether oxygens (including phenoxy) is 1. The van der Waals surface area contributed by atoms with Gasteiger partial charge in [0.1, 0.15) is 12.4 Å². The lowest BCUT2D eigenvalue weighted by Crippen LogP contribution is -2.32. The van der Waals surface area contributed by atoms with Crippen molar-refractivity contribution in [3.63, 3.8) is 0 Å². The lowest BCUT2D eigenvalue weighted by molar-refractivity contribution is -0.122. The first-order chi connectivity index (χ1) is 16.8. The molecule has 1 heterocycles. The predicted molar refractivity (Wildman–Crippen MR) is 148 cm³/mol. The fraction of sp³-hybridized carbons (Fsp3) is 0.214. The standard InChI is InChI=1S/C28H26Cl2N2O2S/c1-18(2)16-32-27(33)26(35-28(32)31-23-12-8-19(3)9-13-23)14-20-6-4-5-7-25(20)34-17-21-10-11-22(29)15-24(21)30/h4-15,18H,16-17H2,1-3H3/b26-14+,31-28?. The normalized spacial score (nSPS) is 16.1. The van der Waals surface area contributed by atoms with Crippen molar-refractivity contribution in [2.24, 2.45) is 10.9 Å². The van der Waals surface area contributed by atoms with Gasteiger partial charge >= 0.3 is 0 Å². The van der Waals surface area contributed by atoms with Gasteiger partial charge in [-0.3, -0.25) is 9.69 Å². The number of aliphatic imine (C=N–C) groups is 1. The van der Waals surface area contributed by atoms with Gasteiger partial charge in [0.15, 0.2) is 5.17 Å². The number of thioether (sulfide) groups is 1. The molecule has 1 aliphatic rings. The Kier molecular flexibility index (Phi) is 8.22. The summed E-state index contributed by atoms with van der Waals surface area (Å²) >= 11 is 13.7. The molecule has 35 heavy (non-hydrogen) atoms. The van der Waals surface area contributed by atoms with Crippen LogP contribution in [0.25, 0.3) is 6.08 Å². The number of nitrogens with zero attached hydrogens (tertiary/aromatic N) is 2. The maximum absolute atomic E-state index is 13.4. The van der Waals surface area contributed by atoms with Crippen LogP contribution in [0.1, 0.15) is 30.5 Å². The second-order valence-corrected chi connectivity index (χ2v) is 10.6. The molecule has 0 bridgehead atoms. The van der Waals surface area contributed by atoms with Gasteiger partial charge in [0.05, 0.1) is 10.6 Å². The molecule has 1 saturated heterocycles. The van der Waals surface area contributed by atoms with Crippen LogP contribution in [-0.2, 0) is 11.4 Å². The van der Waals surface area contributed by atoms with E-state index in [9.17, 15) is 4.79 Å². The second-order valence-electron chi connectivity index (χ2n) is 8.71. The molecule has 7 heteroatoms. The Balaban J connectivity index is 1.61. The van der Waals surface area contributed by atoms with Gasteiger partial charge < -0.3 is 4.74 Å². The van der Waals surface area contributed by atoms with Gasteiger partial charge in [-0.2, -0.15) is 0 Å². The molecule has 0 aromatic heterocycles. The largest absolute Gasteiger partial charge is 0.488 e. The van der Waals surface area contributed by atoms with E-state index in [2.05, 4.69) is 13.8 Å².